The molecule has 0 unspecified atom stereocenters. The molecule has 10 heteroatoms. The van der Waals surface area contributed by atoms with E-state index in [0.29, 0.717) is 10.8 Å². The molecule has 0 spiro atoms. The third-order valence-corrected chi connectivity index (χ3v) is 5.15. The van der Waals surface area contributed by atoms with E-state index in [0.717, 1.165) is 40.0 Å². The number of amidine groups is 1. The van der Waals surface area contributed by atoms with Crippen LogP contribution in [-0.4, -0.2) is 31.2 Å². The number of hydrogen-bond acceptors (Lipinski definition) is 8. The molecule has 0 saturated carbocycles. The molecule has 29 heavy (non-hydrogen) atoms. The van der Waals surface area contributed by atoms with Gasteiger partial charge < -0.3 is 5.73 Å². The summed E-state index contributed by atoms with van der Waals surface area (Å²) in [5.41, 5.74) is 8.34. The summed E-state index contributed by atoms with van der Waals surface area (Å²) in [6.45, 7) is 4.23. The first kappa shape index (κ1) is 18.9. The highest BCUT2D eigenvalue weighted by Crippen LogP contribution is 2.36. The van der Waals surface area contributed by atoms with Crippen molar-refractivity contribution in [1.29, 1.82) is 5.41 Å². The molecule has 0 radical (unpaired) electrons. The predicted molar refractivity (Wildman–Crippen MR) is 112 cm³/mol. The van der Waals surface area contributed by atoms with Crippen molar-refractivity contribution in [2.24, 2.45) is 5.92 Å². The van der Waals surface area contributed by atoms with Crippen molar-refractivity contribution < 1.29 is 9.42 Å². The van der Waals surface area contributed by atoms with Crippen LogP contribution in [0.25, 0.3) is 11.8 Å². The molecule has 0 atom stereocenters. The number of nitrogen functional groups attached to an aromatic ring is 1. The number of carbonyl (C=O) groups is 1. The van der Waals surface area contributed by atoms with Crippen LogP contribution in [0.4, 0.5) is 11.6 Å². The second kappa shape index (κ2) is 7.55. The van der Waals surface area contributed by atoms with Crippen LogP contribution in [0.2, 0.25) is 0 Å². The second-order valence-corrected chi connectivity index (χ2v) is 7.97. The number of hydrogen-bond donors (Lipinski definition) is 2. The lowest BCUT2D eigenvalue weighted by Gasteiger charge is -2.09. The van der Waals surface area contributed by atoms with E-state index in [-0.39, 0.29) is 16.8 Å². The average Bonchev–Trinajstić information content (AvgIpc) is 3.35. The first-order chi connectivity index (χ1) is 13.9. The number of aromatic nitrogens is 4. The Morgan fingerprint density at radius 3 is 2.69 bits per heavy atom. The largest absolute Gasteiger partial charge is 0.378 e. The molecule has 0 bridgehead atoms. The SMILES string of the molecule is CC(C)Cc1nn(-c2ccccc2)cc1C=C1SC(=N)N(c2nonc2N)C1=O. The maximum atomic E-state index is 12.9. The molecule has 1 aromatic carbocycles. The van der Waals surface area contributed by atoms with E-state index in [1.807, 2.05) is 36.5 Å². The van der Waals surface area contributed by atoms with Gasteiger partial charge in [0.25, 0.3) is 5.91 Å². The van der Waals surface area contributed by atoms with Crippen LogP contribution < -0.4 is 10.6 Å². The summed E-state index contributed by atoms with van der Waals surface area (Å²) in [7, 11) is 0. The molecule has 3 aromatic rings. The van der Waals surface area contributed by atoms with Crippen molar-refractivity contribution in [1.82, 2.24) is 20.1 Å². The molecule has 2 aromatic heterocycles. The molecule has 1 aliphatic rings. The molecule has 1 fully saturated rings. The Morgan fingerprint density at radius 2 is 2.03 bits per heavy atom. The third-order valence-electron chi connectivity index (χ3n) is 4.26. The number of amides is 1. The molecular formula is C19H19N7O2S. The smallest absolute Gasteiger partial charge is 0.272 e. The van der Waals surface area contributed by atoms with Crippen LogP contribution >= 0.6 is 11.8 Å². The summed E-state index contributed by atoms with van der Waals surface area (Å²) in [5, 5.41) is 20.0. The summed E-state index contributed by atoms with van der Waals surface area (Å²) in [4.78, 5) is 14.4. The molecule has 148 valence electrons. The summed E-state index contributed by atoms with van der Waals surface area (Å²) in [6, 6.07) is 9.78. The molecule has 1 saturated heterocycles. The molecular weight excluding hydrogens is 390 g/mol. The van der Waals surface area contributed by atoms with E-state index in [2.05, 4.69) is 28.8 Å². The molecule has 0 aliphatic carbocycles. The van der Waals surface area contributed by atoms with Gasteiger partial charge in [-0.05, 0) is 52.6 Å². The van der Waals surface area contributed by atoms with Crippen molar-refractivity contribution in [2.75, 3.05) is 10.6 Å². The number of nitrogens with zero attached hydrogens (tertiary/aromatic N) is 5. The highest BCUT2D eigenvalue weighted by atomic mass is 32.2. The first-order valence-electron chi connectivity index (χ1n) is 8.98. The minimum Gasteiger partial charge on any atom is -0.378 e. The van der Waals surface area contributed by atoms with Gasteiger partial charge in [0.2, 0.25) is 11.6 Å². The van der Waals surface area contributed by atoms with E-state index in [1.165, 1.54) is 0 Å². The molecule has 9 nitrogen and oxygen atoms in total. The van der Waals surface area contributed by atoms with Gasteiger partial charge in [-0.3, -0.25) is 10.2 Å². The summed E-state index contributed by atoms with van der Waals surface area (Å²) < 4.78 is 6.37. The maximum absolute atomic E-state index is 12.9. The van der Waals surface area contributed by atoms with Crippen molar-refractivity contribution in [3.8, 4) is 5.69 Å². The van der Waals surface area contributed by atoms with Crippen LogP contribution in [-0.2, 0) is 11.2 Å². The van der Waals surface area contributed by atoms with Crippen LogP contribution in [0.3, 0.4) is 0 Å². The van der Waals surface area contributed by atoms with Crippen LogP contribution in [0.5, 0.6) is 0 Å². The quantitative estimate of drug-likeness (QED) is 0.620. The Morgan fingerprint density at radius 1 is 1.28 bits per heavy atom. The number of nitrogens with two attached hydrogens (primary N) is 1. The Hall–Kier alpha value is -3.40. The number of anilines is 2. The number of benzene rings is 1. The van der Waals surface area contributed by atoms with Gasteiger partial charge in [-0.1, -0.05) is 32.0 Å². The highest BCUT2D eigenvalue weighted by molar-refractivity contribution is 8.19. The van der Waals surface area contributed by atoms with Crippen molar-refractivity contribution in [2.45, 2.75) is 20.3 Å². The number of thioether (sulfide) groups is 1. The minimum atomic E-state index is -0.398. The summed E-state index contributed by atoms with van der Waals surface area (Å²) in [6.07, 6.45) is 4.42. The maximum Gasteiger partial charge on any atom is 0.272 e. The van der Waals surface area contributed by atoms with E-state index in [4.69, 9.17) is 16.2 Å². The Labute approximate surface area is 171 Å². The lowest BCUT2D eigenvalue weighted by molar-refractivity contribution is -0.113. The zero-order valence-corrected chi connectivity index (χ0v) is 16.7. The van der Waals surface area contributed by atoms with Gasteiger partial charge in [-0.15, -0.1) is 0 Å². The topological polar surface area (TPSA) is 127 Å². The first-order valence-corrected chi connectivity index (χ1v) is 9.80. The standard InChI is InChI=1S/C19H19N7O2S/c1-11(2)8-14-12(10-25(22-14)13-6-4-3-5-7-13)9-15-18(27)26(19(21)29-15)17-16(20)23-28-24-17/h3-7,9-11,21H,8H2,1-2H3,(H2,20,23). The van der Waals surface area contributed by atoms with E-state index in [1.54, 1.807) is 10.8 Å². The molecule has 3 heterocycles. The normalized spacial score (nSPS) is 15.8. The summed E-state index contributed by atoms with van der Waals surface area (Å²) >= 11 is 1.03. The third kappa shape index (κ3) is 3.66. The Kier molecular flexibility index (Phi) is 4.93. The number of rotatable bonds is 5. The zero-order chi connectivity index (χ0) is 20.5. The Bertz CT molecular complexity index is 1100. The van der Waals surface area contributed by atoms with E-state index >= 15 is 0 Å². The number of para-hydroxylation sites is 1. The van der Waals surface area contributed by atoms with E-state index in [9.17, 15) is 4.79 Å². The van der Waals surface area contributed by atoms with Crippen LogP contribution in [0.1, 0.15) is 25.1 Å². The molecule has 1 amide bonds. The van der Waals surface area contributed by atoms with Crippen molar-refractivity contribution in [3.05, 3.63) is 52.7 Å². The fourth-order valence-corrected chi connectivity index (χ4v) is 3.80. The van der Waals surface area contributed by atoms with Crippen molar-refractivity contribution >= 4 is 40.5 Å². The average molecular weight is 409 g/mol. The van der Waals surface area contributed by atoms with Gasteiger partial charge in [0, 0.05) is 11.8 Å². The lowest BCUT2D eigenvalue weighted by atomic mass is 10.1. The van der Waals surface area contributed by atoms with Gasteiger partial charge in [-0.25, -0.2) is 14.2 Å². The lowest BCUT2D eigenvalue weighted by Crippen LogP contribution is -2.29. The minimum absolute atomic E-state index is 0.00971. The van der Waals surface area contributed by atoms with Gasteiger partial charge in [0.05, 0.1) is 16.3 Å². The number of nitrogens with one attached hydrogen (secondary N) is 1. The van der Waals surface area contributed by atoms with Gasteiger partial charge in [0.1, 0.15) is 0 Å². The van der Waals surface area contributed by atoms with Crippen molar-refractivity contribution in [3.63, 3.8) is 0 Å². The van der Waals surface area contributed by atoms with E-state index < -0.39 is 5.91 Å². The van der Waals surface area contributed by atoms with Gasteiger partial charge in [-0.2, -0.15) is 5.10 Å². The molecule has 3 N–H and O–H groups in total. The molecule has 1 aliphatic heterocycles. The monoisotopic (exact) mass is 409 g/mol. The van der Waals surface area contributed by atoms with Crippen LogP contribution in [0, 0.1) is 11.3 Å². The second-order valence-electron chi connectivity index (χ2n) is 6.94. The highest BCUT2D eigenvalue weighted by Gasteiger charge is 2.37. The zero-order valence-electron chi connectivity index (χ0n) is 15.9. The van der Waals surface area contributed by atoms with Gasteiger partial charge in [0.15, 0.2) is 5.17 Å². The fraction of sp³-hybridized carbons (Fsp3) is 0.211. The summed E-state index contributed by atoms with van der Waals surface area (Å²) in [5.74, 6) is -0.0139. The predicted octanol–water partition coefficient (Wildman–Crippen LogP) is 3.09. The van der Waals surface area contributed by atoms with Crippen LogP contribution in [0.15, 0.2) is 46.1 Å². The Balaban J connectivity index is 1.72. The molecule has 4 rings (SSSR count). The number of carbonyl (C=O) groups excluding carboxylic acids is 1. The fourth-order valence-electron chi connectivity index (χ4n) is 2.97. The van der Waals surface area contributed by atoms with Gasteiger partial charge >= 0.3 is 0 Å².